The van der Waals surface area contributed by atoms with E-state index < -0.39 is 9.84 Å². The van der Waals surface area contributed by atoms with Gasteiger partial charge in [-0.05, 0) is 55.9 Å². The average Bonchev–Trinajstić information content (AvgIpc) is 2.54. The third-order valence-corrected chi connectivity index (χ3v) is 5.86. The molecule has 0 saturated heterocycles. The van der Waals surface area contributed by atoms with Gasteiger partial charge in [-0.3, -0.25) is 4.79 Å². The summed E-state index contributed by atoms with van der Waals surface area (Å²) < 4.78 is 28.6. The molecule has 1 aromatic carbocycles. The van der Waals surface area contributed by atoms with Crippen LogP contribution in [0.2, 0.25) is 0 Å². The number of benzene rings is 1. The zero-order valence-electron chi connectivity index (χ0n) is 14.0. The summed E-state index contributed by atoms with van der Waals surface area (Å²) in [7, 11) is -1.55. The molecule has 23 heavy (non-hydrogen) atoms. The lowest BCUT2D eigenvalue weighted by molar-refractivity contribution is -0.0446. The van der Waals surface area contributed by atoms with E-state index in [1.54, 1.807) is 7.11 Å². The second-order valence-corrected chi connectivity index (χ2v) is 8.56. The average molecular weight is 339 g/mol. The highest BCUT2D eigenvalue weighted by molar-refractivity contribution is 7.90. The molecule has 0 atom stereocenters. The Morgan fingerprint density at radius 2 is 1.83 bits per heavy atom. The molecule has 1 saturated carbocycles. The fourth-order valence-corrected chi connectivity index (χ4v) is 3.57. The highest BCUT2D eigenvalue weighted by Crippen LogP contribution is 2.33. The number of amides is 1. The van der Waals surface area contributed by atoms with Crippen molar-refractivity contribution in [2.45, 2.75) is 43.1 Å². The molecular formula is C17H25NO4S. The van der Waals surface area contributed by atoms with Crippen molar-refractivity contribution in [3.05, 3.63) is 29.8 Å². The van der Waals surface area contributed by atoms with Crippen molar-refractivity contribution in [1.82, 2.24) is 5.32 Å². The van der Waals surface area contributed by atoms with E-state index in [-0.39, 0.29) is 16.4 Å². The maximum absolute atomic E-state index is 12.3. The van der Waals surface area contributed by atoms with Gasteiger partial charge in [-0.25, -0.2) is 8.42 Å². The number of carbonyl (C=O) groups excluding carboxylic acids is 1. The molecule has 0 aliphatic heterocycles. The number of hydrogen-bond acceptors (Lipinski definition) is 4. The van der Waals surface area contributed by atoms with E-state index in [2.05, 4.69) is 12.2 Å². The molecule has 0 spiro atoms. The van der Waals surface area contributed by atoms with Crippen LogP contribution in [0.15, 0.2) is 29.2 Å². The molecule has 5 nitrogen and oxygen atoms in total. The van der Waals surface area contributed by atoms with Crippen LogP contribution in [-0.4, -0.2) is 39.8 Å². The van der Waals surface area contributed by atoms with Crippen LogP contribution in [0.5, 0.6) is 0 Å². The number of carbonyl (C=O) groups is 1. The summed E-state index contributed by atoms with van der Waals surface area (Å²) >= 11 is 0. The molecule has 2 rings (SSSR count). The topological polar surface area (TPSA) is 72.5 Å². The van der Waals surface area contributed by atoms with Gasteiger partial charge in [0.2, 0.25) is 0 Å². The molecule has 6 heteroatoms. The van der Waals surface area contributed by atoms with Gasteiger partial charge in [0.1, 0.15) is 0 Å². The molecule has 0 unspecified atom stereocenters. The van der Waals surface area contributed by atoms with Crippen molar-refractivity contribution in [1.29, 1.82) is 0 Å². The quantitative estimate of drug-likeness (QED) is 0.894. The Bertz CT molecular complexity index is 644. The van der Waals surface area contributed by atoms with Crippen LogP contribution >= 0.6 is 0 Å². The number of rotatable bonds is 5. The summed E-state index contributed by atoms with van der Waals surface area (Å²) in [4.78, 5) is 12.5. The summed E-state index contributed by atoms with van der Waals surface area (Å²) in [5, 5.41) is 2.92. The normalized spacial score (nSPS) is 25.1. The van der Waals surface area contributed by atoms with Crippen LogP contribution in [0.25, 0.3) is 0 Å². The molecule has 0 bridgehead atoms. The van der Waals surface area contributed by atoms with Crippen LogP contribution in [0.1, 0.15) is 43.0 Å². The zero-order valence-corrected chi connectivity index (χ0v) is 14.8. The molecule has 128 valence electrons. The Kier molecular flexibility index (Phi) is 5.47. The van der Waals surface area contributed by atoms with Crippen molar-refractivity contribution in [2.24, 2.45) is 5.92 Å². The van der Waals surface area contributed by atoms with E-state index in [1.165, 1.54) is 24.3 Å². The number of ether oxygens (including phenoxy) is 1. The van der Waals surface area contributed by atoms with Gasteiger partial charge in [0.15, 0.2) is 9.84 Å². The summed E-state index contributed by atoms with van der Waals surface area (Å²) in [5.74, 6) is 0.498. The smallest absolute Gasteiger partial charge is 0.251 e. The van der Waals surface area contributed by atoms with Gasteiger partial charge in [-0.15, -0.1) is 0 Å². The minimum Gasteiger partial charge on any atom is -0.376 e. The highest BCUT2D eigenvalue weighted by atomic mass is 32.2. The predicted molar refractivity (Wildman–Crippen MR) is 89.3 cm³/mol. The van der Waals surface area contributed by atoms with Crippen molar-refractivity contribution < 1.29 is 17.9 Å². The lowest BCUT2D eigenvalue weighted by atomic mass is 9.79. The van der Waals surface area contributed by atoms with E-state index >= 15 is 0 Å². The highest BCUT2D eigenvalue weighted by Gasteiger charge is 2.34. The lowest BCUT2D eigenvalue weighted by Gasteiger charge is -2.38. The van der Waals surface area contributed by atoms with Gasteiger partial charge >= 0.3 is 0 Å². The van der Waals surface area contributed by atoms with E-state index in [0.717, 1.165) is 31.9 Å². The fraction of sp³-hybridized carbons (Fsp3) is 0.588. The maximum Gasteiger partial charge on any atom is 0.251 e. The van der Waals surface area contributed by atoms with Gasteiger partial charge in [-0.1, -0.05) is 6.92 Å². The molecule has 1 fully saturated rings. The molecule has 0 heterocycles. The first-order chi connectivity index (χ1) is 10.8. The van der Waals surface area contributed by atoms with Crippen molar-refractivity contribution in [3.8, 4) is 0 Å². The molecule has 0 aromatic heterocycles. The van der Waals surface area contributed by atoms with E-state index in [1.807, 2.05) is 0 Å². The second-order valence-electron chi connectivity index (χ2n) is 6.55. The van der Waals surface area contributed by atoms with Crippen molar-refractivity contribution >= 4 is 15.7 Å². The summed E-state index contributed by atoms with van der Waals surface area (Å²) in [6.07, 6.45) is 5.24. The molecule has 0 radical (unpaired) electrons. The zero-order chi connectivity index (χ0) is 17.1. The van der Waals surface area contributed by atoms with Crippen molar-refractivity contribution in [3.63, 3.8) is 0 Å². The van der Waals surface area contributed by atoms with Crippen LogP contribution in [0.4, 0.5) is 0 Å². The Labute approximate surface area is 138 Å². The SMILES string of the molecule is COC1(CNC(=O)c2ccc(S(C)(=O)=O)cc2)CCC(C)CC1. The van der Waals surface area contributed by atoms with Crippen LogP contribution < -0.4 is 5.32 Å². The van der Waals surface area contributed by atoms with Gasteiger partial charge in [-0.2, -0.15) is 0 Å². The summed E-state index contributed by atoms with van der Waals surface area (Å²) in [5.41, 5.74) is 0.169. The lowest BCUT2D eigenvalue weighted by Crippen LogP contribution is -2.46. The number of methoxy groups -OCH3 is 1. The van der Waals surface area contributed by atoms with Gasteiger partial charge in [0.25, 0.3) is 5.91 Å². The Balaban J connectivity index is 1.99. The van der Waals surface area contributed by atoms with Gasteiger partial charge in [0, 0.05) is 25.5 Å². The molecular weight excluding hydrogens is 314 g/mol. The number of sulfone groups is 1. The van der Waals surface area contributed by atoms with Crippen molar-refractivity contribution in [2.75, 3.05) is 19.9 Å². The van der Waals surface area contributed by atoms with Crippen LogP contribution in [-0.2, 0) is 14.6 Å². The molecule has 1 amide bonds. The first-order valence-corrected chi connectivity index (χ1v) is 9.78. The Morgan fingerprint density at radius 3 is 2.30 bits per heavy atom. The maximum atomic E-state index is 12.3. The first-order valence-electron chi connectivity index (χ1n) is 7.89. The molecule has 1 aromatic rings. The number of hydrogen-bond donors (Lipinski definition) is 1. The monoisotopic (exact) mass is 339 g/mol. The van der Waals surface area contributed by atoms with E-state index in [9.17, 15) is 13.2 Å². The van der Waals surface area contributed by atoms with E-state index in [0.29, 0.717) is 18.0 Å². The minimum atomic E-state index is -3.25. The predicted octanol–water partition coefficient (Wildman–Crippen LogP) is 2.42. The third kappa shape index (κ3) is 4.54. The summed E-state index contributed by atoms with van der Waals surface area (Å²) in [6, 6.07) is 5.99. The summed E-state index contributed by atoms with van der Waals surface area (Å²) in [6.45, 7) is 2.71. The van der Waals surface area contributed by atoms with Gasteiger partial charge in [0.05, 0.1) is 10.5 Å². The molecule has 1 N–H and O–H groups in total. The molecule has 1 aliphatic carbocycles. The third-order valence-electron chi connectivity index (χ3n) is 4.73. The Hall–Kier alpha value is -1.40. The number of nitrogens with one attached hydrogen (secondary N) is 1. The minimum absolute atomic E-state index is 0.208. The largest absolute Gasteiger partial charge is 0.376 e. The first kappa shape index (κ1) is 17.9. The fourth-order valence-electron chi connectivity index (χ4n) is 2.94. The van der Waals surface area contributed by atoms with E-state index in [4.69, 9.17) is 4.74 Å². The van der Waals surface area contributed by atoms with Crippen LogP contribution in [0, 0.1) is 5.92 Å². The Morgan fingerprint density at radius 1 is 1.26 bits per heavy atom. The molecule has 1 aliphatic rings. The second kappa shape index (κ2) is 7.01. The van der Waals surface area contributed by atoms with Crippen LogP contribution in [0.3, 0.4) is 0 Å². The van der Waals surface area contributed by atoms with Gasteiger partial charge < -0.3 is 10.1 Å². The standard InChI is InChI=1S/C17H25NO4S/c1-13-8-10-17(22-2,11-9-13)12-18-16(19)14-4-6-15(7-5-14)23(3,20)21/h4-7,13H,8-12H2,1-3H3,(H,18,19).